The van der Waals surface area contributed by atoms with E-state index in [-0.39, 0.29) is 0 Å². The number of carbonyl (C=O) groups excluding carboxylic acids is 1. The molecule has 0 bridgehead atoms. The summed E-state index contributed by atoms with van der Waals surface area (Å²) in [6, 6.07) is 0. The van der Waals surface area contributed by atoms with E-state index >= 15 is 0 Å². The molecule has 6 heteroatoms. The van der Waals surface area contributed by atoms with Gasteiger partial charge in [0.25, 0.3) is 0 Å². The summed E-state index contributed by atoms with van der Waals surface area (Å²) in [6.45, 7) is 7.83. The van der Waals surface area contributed by atoms with E-state index in [1.807, 2.05) is 27.7 Å². The predicted octanol–water partition coefficient (Wildman–Crippen LogP) is 1.85. The van der Waals surface area contributed by atoms with Crippen LogP contribution in [0.2, 0.25) is 5.02 Å². The number of rotatable bonds is 2. The third-order valence-corrected chi connectivity index (χ3v) is 4.00. The Hall–Kier alpha value is -0.905. The van der Waals surface area contributed by atoms with Gasteiger partial charge in [0.05, 0.1) is 21.8 Å². The van der Waals surface area contributed by atoms with Crippen molar-refractivity contribution >= 4 is 30.5 Å². The molecular weight excluding hydrogens is 252 g/mol. The highest BCUT2D eigenvalue weighted by atomic mass is 35.5. The Bertz CT molecular complexity index is 474. The van der Waals surface area contributed by atoms with E-state index in [1.165, 1.54) is 6.20 Å². The van der Waals surface area contributed by atoms with Crippen molar-refractivity contribution in [2.24, 2.45) is 0 Å². The standard InChI is InChI=1S/C12H15BClNO3/c1-11(2)12(3,4)18-13(17-11)9-6-15-5-8(7-16)10(9)14/h5-7H,1-4H3. The van der Waals surface area contributed by atoms with Gasteiger partial charge in [-0.25, -0.2) is 0 Å². The van der Waals surface area contributed by atoms with Gasteiger partial charge in [0.2, 0.25) is 0 Å². The topological polar surface area (TPSA) is 48.4 Å². The molecule has 0 aliphatic carbocycles. The molecule has 0 spiro atoms. The molecule has 4 nitrogen and oxygen atoms in total. The van der Waals surface area contributed by atoms with Crippen LogP contribution in [0, 0.1) is 0 Å². The molecule has 0 radical (unpaired) electrons. The zero-order valence-corrected chi connectivity index (χ0v) is 11.6. The number of nitrogens with zero attached hydrogens (tertiary/aromatic N) is 1. The van der Waals surface area contributed by atoms with E-state index in [1.54, 1.807) is 6.20 Å². The van der Waals surface area contributed by atoms with E-state index in [2.05, 4.69) is 4.98 Å². The number of hydrogen-bond donors (Lipinski definition) is 0. The average molecular weight is 268 g/mol. The van der Waals surface area contributed by atoms with Gasteiger partial charge >= 0.3 is 7.12 Å². The lowest BCUT2D eigenvalue weighted by Crippen LogP contribution is -2.41. The normalized spacial score (nSPS) is 21.1. The number of carbonyl (C=O) groups is 1. The molecular formula is C12H15BClNO3. The van der Waals surface area contributed by atoms with Crippen LogP contribution in [-0.2, 0) is 9.31 Å². The smallest absolute Gasteiger partial charge is 0.399 e. The monoisotopic (exact) mass is 267 g/mol. The van der Waals surface area contributed by atoms with Crippen molar-refractivity contribution in [3.63, 3.8) is 0 Å². The Morgan fingerprint density at radius 1 is 1.22 bits per heavy atom. The molecule has 0 aromatic carbocycles. The van der Waals surface area contributed by atoms with Crippen LogP contribution >= 0.6 is 11.6 Å². The lowest BCUT2D eigenvalue weighted by Gasteiger charge is -2.32. The minimum atomic E-state index is -0.602. The van der Waals surface area contributed by atoms with Crippen molar-refractivity contribution < 1.29 is 14.1 Å². The molecule has 96 valence electrons. The van der Waals surface area contributed by atoms with Gasteiger partial charge in [-0.1, -0.05) is 11.6 Å². The van der Waals surface area contributed by atoms with Crippen LogP contribution in [0.5, 0.6) is 0 Å². The van der Waals surface area contributed by atoms with Crippen LogP contribution in [0.1, 0.15) is 38.1 Å². The van der Waals surface area contributed by atoms with Crippen LogP contribution < -0.4 is 5.46 Å². The first-order valence-corrected chi connectivity index (χ1v) is 6.10. The summed E-state index contributed by atoms with van der Waals surface area (Å²) in [6.07, 6.45) is 3.66. The van der Waals surface area contributed by atoms with Crippen molar-refractivity contribution in [1.82, 2.24) is 4.98 Å². The third-order valence-electron chi connectivity index (χ3n) is 3.57. The van der Waals surface area contributed by atoms with Crippen LogP contribution in [0.15, 0.2) is 12.4 Å². The molecule has 0 saturated carbocycles. The zero-order chi connectivity index (χ0) is 13.6. The maximum atomic E-state index is 10.8. The SMILES string of the molecule is CC1(C)OB(c2cncc(C=O)c2Cl)OC1(C)C. The van der Waals surface area contributed by atoms with Crippen molar-refractivity contribution in [3.05, 3.63) is 23.0 Å². The van der Waals surface area contributed by atoms with E-state index in [9.17, 15) is 4.79 Å². The lowest BCUT2D eigenvalue weighted by atomic mass is 9.79. The highest BCUT2D eigenvalue weighted by molar-refractivity contribution is 6.65. The highest BCUT2D eigenvalue weighted by Crippen LogP contribution is 2.37. The second-order valence-corrected chi connectivity index (χ2v) is 5.72. The molecule has 1 saturated heterocycles. The molecule has 0 N–H and O–H groups in total. The summed E-state index contributed by atoms with van der Waals surface area (Å²) < 4.78 is 11.7. The second kappa shape index (κ2) is 4.33. The molecule has 1 aliphatic rings. The highest BCUT2D eigenvalue weighted by Gasteiger charge is 2.52. The molecule has 2 heterocycles. The summed E-state index contributed by atoms with van der Waals surface area (Å²) >= 11 is 6.14. The Balaban J connectivity index is 2.38. The number of aldehydes is 1. The summed E-state index contributed by atoms with van der Waals surface area (Å²) in [5.41, 5.74) is 0.0277. The first kappa shape index (κ1) is 13.5. The second-order valence-electron chi connectivity index (χ2n) is 5.34. The summed E-state index contributed by atoms with van der Waals surface area (Å²) in [4.78, 5) is 14.8. The molecule has 2 rings (SSSR count). The number of halogens is 1. The number of hydrogen-bond acceptors (Lipinski definition) is 4. The van der Waals surface area contributed by atoms with Crippen molar-refractivity contribution in [2.75, 3.05) is 0 Å². The largest absolute Gasteiger partial charge is 0.497 e. The third kappa shape index (κ3) is 2.07. The van der Waals surface area contributed by atoms with E-state index < -0.39 is 18.3 Å². The van der Waals surface area contributed by atoms with Crippen molar-refractivity contribution in [1.29, 1.82) is 0 Å². The minimum Gasteiger partial charge on any atom is -0.399 e. The lowest BCUT2D eigenvalue weighted by molar-refractivity contribution is 0.00578. The number of pyridine rings is 1. The fourth-order valence-electron chi connectivity index (χ4n) is 1.69. The fraction of sp³-hybridized carbons (Fsp3) is 0.500. The zero-order valence-electron chi connectivity index (χ0n) is 10.9. The quantitative estimate of drug-likeness (QED) is 0.606. The average Bonchev–Trinajstić information content (AvgIpc) is 2.48. The summed E-state index contributed by atoms with van der Waals surface area (Å²) in [5, 5.41) is 0.332. The first-order chi connectivity index (χ1) is 8.28. The molecule has 0 unspecified atom stereocenters. The van der Waals surface area contributed by atoms with E-state index in [0.717, 1.165) is 0 Å². The van der Waals surface area contributed by atoms with Gasteiger partial charge in [0, 0.05) is 17.9 Å². The van der Waals surface area contributed by atoms with Crippen LogP contribution in [0.3, 0.4) is 0 Å². The van der Waals surface area contributed by atoms with Gasteiger partial charge in [-0.3, -0.25) is 9.78 Å². The summed E-state index contributed by atoms with van der Waals surface area (Å²) in [5.74, 6) is 0. The fourth-order valence-corrected chi connectivity index (χ4v) is 1.93. The maximum absolute atomic E-state index is 10.8. The molecule has 1 aliphatic heterocycles. The van der Waals surface area contributed by atoms with Gasteiger partial charge in [-0.15, -0.1) is 0 Å². The molecule has 1 fully saturated rings. The molecule has 0 amide bonds. The number of aromatic nitrogens is 1. The Morgan fingerprint density at radius 2 is 1.78 bits per heavy atom. The van der Waals surface area contributed by atoms with Gasteiger partial charge in [-0.2, -0.15) is 0 Å². The van der Waals surface area contributed by atoms with Gasteiger partial charge in [-0.05, 0) is 27.7 Å². The van der Waals surface area contributed by atoms with Crippen molar-refractivity contribution in [2.45, 2.75) is 38.9 Å². The van der Waals surface area contributed by atoms with E-state index in [4.69, 9.17) is 20.9 Å². The first-order valence-electron chi connectivity index (χ1n) is 5.73. The Labute approximate surface area is 112 Å². The molecule has 1 aromatic heterocycles. The molecule has 1 aromatic rings. The van der Waals surface area contributed by atoms with Crippen LogP contribution in [-0.4, -0.2) is 29.6 Å². The predicted molar refractivity (Wildman–Crippen MR) is 70.4 cm³/mol. The van der Waals surface area contributed by atoms with Crippen LogP contribution in [0.4, 0.5) is 0 Å². The van der Waals surface area contributed by atoms with Gasteiger partial charge in [0.1, 0.15) is 0 Å². The van der Waals surface area contributed by atoms with Crippen molar-refractivity contribution in [3.8, 4) is 0 Å². The Morgan fingerprint density at radius 3 is 2.28 bits per heavy atom. The maximum Gasteiger partial charge on any atom is 0.497 e. The van der Waals surface area contributed by atoms with Gasteiger partial charge < -0.3 is 9.31 Å². The van der Waals surface area contributed by atoms with Crippen LogP contribution in [0.25, 0.3) is 0 Å². The summed E-state index contributed by atoms with van der Waals surface area (Å²) in [7, 11) is -0.602. The van der Waals surface area contributed by atoms with E-state index in [0.29, 0.717) is 22.3 Å². The minimum absolute atomic E-state index is 0.332. The molecule has 0 atom stereocenters. The molecule has 18 heavy (non-hydrogen) atoms. The Kier molecular flexibility index (Phi) is 3.26. The van der Waals surface area contributed by atoms with Gasteiger partial charge in [0.15, 0.2) is 6.29 Å².